The zero-order valence-electron chi connectivity index (χ0n) is 21.8. The standard InChI is InChI=1S/C6H14N2.2C6H12N2.C6H11NS/c3*1-6(2)8-4-3-7-5-8;1-6(2)7-3-4-8-5-7/h6-7H,3-5H2,1-2H3;5-6H,3-4H2,1-2H3;3-4,6-7H,5H2,1-2H3;3-4,6H,5H2,1-2H3. The lowest BCUT2D eigenvalue weighted by Gasteiger charge is -2.18. The molecule has 4 heterocycles. The SMILES string of the molecule is CC(C)N1C=CNC1.CC(C)N1C=CSC1.CC(C)N1C=NCC1.CC(C)N1CCNC1. The van der Waals surface area contributed by atoms with Crippen molar-refractivity contribution in [2.75, 3.05) is 45.4 Å². The molecule has 7 nitrogen and oxygen atoms in total. The second-order valence-electron chi connectivity index (χ2n) is 9.39. The molecule has 1 fully saturated rings. The Balaban J connectivity index is 0.000000213. The molecule has 2 N–H and O–H groups in total. The number of nitrogens with one attached hydrogen (secondary N) is 2. The third kappa shape index (κ3) is 12.0. The molecule has 4 aliphatic heterocycles. The highest BCUT2D eigenvalue weighted by molar-refractivity contribution is 8.02. The fraction of sp³-hybridized carbons (Fsp3) is 0.792. The van der Waals surface area contributed by atoms with Gasteiger partial charge >= 0.3 is 0 Å². The van der Waals surface area contributed by atoms with Crippen molar-refractivity contribution in [3.05, 3.63) is 24.0 Å². The van der Waals surface area contributed by atoms with E-state index in [1.54, 1.807) is 0 Å². The fourth-order valence-corrected chi connectivity index (χ4v) is 3.96. The van der Waals surface area contributed by atoms with E-state index in [-0.39, 0.29) is 0 Å². The third-order valence-corrected chi connectivity index (χ3v) is 6.32. The predicted molar refractivity (Wildman–Crippen MR) is 143 cm³/mol. The average Bonchev–Trinajstić information content (AvgIpc) is 3.56. The zero-order chi connectivity index (χ0) is 23.9. The van der Waals surface area contributed by atoms with E-state index in [1.807, 2.05) is 24.3 Å². The molecule has 0 saturated carbocycles. The number of thioether (sulfide) groups is 1. The number of hydrogen-bond donors (Lipinski definition) is 2. The van der Waals surface area contributed by atoms with Gasteiger partial charge in [0, 0.05) is 69.1 Å². The lowest BCUT2D eigenvalue weighted by Crippen LogP contribution is -2.29. The predicted octanol–water partition coefficient (Wildman–Crippen LogP) is 3.60. The van der Waals surface area contributed by atoms with Crippen LogP contribution < -0.4 is 10.6 Å². The minimum absolute atomic E-state index is 0.626. The summed E-state index contributed by atoms with van der Waals surface area (Å²) in [6, 6.07) is 2.63. The number of hydrogen-bond acceptors (Lipinski definition) is 8. The van der Waals surface area contributed by atoms with Gasteiger partial charge in [-0.3, -0.25) is 9.89 Å². The van der Waals surface area contributed by atoms with Gasteiger partial charge in [0.1, 0.15) is 0 Å². The van der Waals surface area contributed by atoms with Gasteiger partial charge in [0.25, 0.3) is 0 Å². The van der Waals surface area contributed by atoms with E-state index in [0.29, 0.717) is 24.2 Å². The Hall–Kier alpha value is -1.38. The van der Waals surface area contributed by atoms with Crippen molar-refractivity contribution in [3.8, 4) is 0 Å². The molecule has 0 aliphatic carbocycles. The molecule has 0 radical (unpaired) electrons. The second-order valence-corrected chi connectivity index (χ2v) is 10.3. The molecule has 1 saturated heterocycles. The maximum Gasteiger partial charge on any atom is 0.0870 e. The van der Waals surface area contributed by atoms with Crippen LogP contribution in [0.2, 0.25) is 0 Å². The van der Waals surface area contributed by atoms with Crippen molar-refractivity contribution in [1.29, 1.82) is 0 Å². The van der Waals surface area contributed by atoms with E-state index in [2.05, 4.69) is 108 Å². The maximum atomic E-state index is 4.09. The fourth-order valence-electron chi connectivity index (χ4n) is 3.08. The molecule has 186 valence electrons. The van der Waals surface area contributed by atoms with Crippen LogP contribution in [0.1, 0.15) is 55.4 Å². The first-order chi connectivity index (χ1) is 15.2. The molecule has 32 heavy (non-hydrogen) atoms. The molecule has 0 bridgehead atoms. The highest BCUT2D eigenvalue weighted by Crippen LogP contribution is 2.16. The van der Waals surface area contributed by atoms with E-state index in [0.717, 1.165) is 38.8 Å². The quantitative estimate of drug-likeness (QED) is 0.655. The van der Waals surface area contributed by atoms with Gasteiger partial charge in [-0.25, -0.2) is 0 Å². The van der Waals surface area contributed by atoms with Gasteiger partial charge in [0.15, 0.2) is 0 Å². The van der Waals surface area contributed by atoms with E-state index in [9.17, 15) is 0 Å². The molecule has 0 unspecified atom stereocenters. The van der Waals surface area contributed by atoms with Crippen LogP contribution in [-0.4, -0.2) is 95.5 Å². The van der Waals surface area contributed by atoms with E-state index < -0.39 is 0 Å². The first-order valence-electron chi connectivity index (χ1n) is 12.1. The Kier molecular flexibility index (Phi) is 14.6. The largest absolute Gasteiger partial charge is 0.373 e. The molecular weight excluding hydrogens is 418 g/mol. The summed E-state index contributed by atoms with van der Waals surface area (Å²) in [5.41, 5.74) is 0. The molecule has 0 spiro atoms. The molecular formula is C24H49N7S. The molecule has 0 atom stereocenters. The van der Waals surface area contributed by atoms with Crippen molar-refractivity contribution in [2.45, 2.75) is 79.6 Å². The Morgan fingerprint density at radius 1 is 0.781 bits per heavy atom. The van der Waals surface area contributed by atoms with Crippen molar-refractivity contribution < 1.29 is 0 Å². The number of nitrogens with zero attached hydrogens (tertiary/aromatic N) is 5. The first kappa shape index (κ1) is 28.7. The minimum atomic E-state index is 0.626. The van der Waals surface area contributed by atoms with E-state index in [1.165, 1.54) is 6.54 Å². The number of rotatable bonds is 4. The summed E-state index contributed by atoms with van der Waals surface area (Å²) in [5.74, 6) is 1.14. The van der Waals surface area contributed by atoms with Crippen LogP contribution in [-0.2, 0) is 0 Å². The Morgan fingerprint density at radius 2 is 1.47 bits per heavy atom. The molecule has 0 aromatic rings. The van der Waals surface area contributed by atoms with Gasteiger partial charge in [0.05, 0.1) is 25.4 Å². The molecule has 8 heteroatoms. The molecule has 0 amide bonds. The maximum absolute atomic E-state index is 4.09. The van der Waals surface area contributed by atoms with Crippen LogP contribution in [0, 0.1) is 0 Å². The van der Waals surface area contributed by atoms with Crippen molar-refractivity contribution in [1.82, 2.24) is 30.2 Å². The van der Waals surface area contributed by atoms with Crippen LogP contribution in [0.15, 0.2) is 29.0 Å². The van der Waals surface area contributed by atoms with Crippen LogP contribution in [0.4, 0.5) is 0 Å². The highest BCUT2D eigenvalue weighted by atomic mass is 32.2. The summed E-state index contributed by atoms with van der Waals surface area (Å²) in [5, 5.41) is 8.52. The van der Waals surface area contributed by atoms with Crippen LogP contribution in [0.3, 0.4) is 0 Å². The monoisotopic (exact) mass is 467 g/mol. The molecule has 4 aliphatic rings. The Bertz CT molecular complexity index is 493. The van der Waals surface area contributed by atoms with Crippen molar-refractivity contribution >= 4 is 18.1 Å². The Morgan fingerprint density at radius 3 is 1.72 bits per heavy atom. The summed E-state index contributed by atoms with van der Waals surface area (Å²) < 4.78 is 0. The molecule has 4 rings (SSSR count). The lowest BCUT2D eigenvalue weighted by atomic mass is 10.3. The second kappa shape index (κ2) is 16.3. The van der Waals surface area contributed by atoms with Gasteiger partial charge in [-0.15, -0.1) is 11.8 Å². The topological polar surface area (TPSA) is 49.4 Å². The van der Waals surface area contributed by atoms with Crippen LogP contribution in [0.25, 0.3) is 0 Å². The van der Waals surface area contributed by atoms with Gasteiger partial charge in [0.2, 0.25) is 0 Å². The molecule has 0 aromatic heterocycles. The first-order valence-corrected chi connectivity index (χ1v) is 13.2. The van der Waals surface area contributed by atoms with Gasteiger partial charge in [-0.2, -0.15) is 0 Å². The average molecular weight is 468 g/mol. The van der Waals surface area contributed by atoms with E-state index in [4.69, 9.17) is 0 Å². The van der Waals surface area contributed by atoms with E-state index >= 15 is 0 Å². The summed E-state index contributed by atoms with van der Waals surface area (Å²) in [6.07, 6.45) is 8.13. The van der Waals surface area contributed by atoms with Crippen molar-refractivity contribution in [3.63, 3.8) is 0 Å². The normalized spacial score (nSPS) is 19.4. The Labute approximate surface area is 202 Å². The summed E-state index contributed by atoms with van der Waals surface area (Å²) in [6.45, 7) is 24.1. The summed E-state index contributed by atoms with van der Waals surface area (Å²) in [4.78, 5) is 13.3. The minimum Gasteiger partial charge on any atom is -0.373 e. The third-order valence-electron chi connectivity index (χ3n) is 5.56. The van der Waals surface area contributed by atoms with Gasteiger partial charge < -0.3 is 25.3 Å². The number of aliphatic imine (C=N–C) groups is 1. The zero-order valence-corrected chi connectivity index (χ0v) is 22.6. The van der Waals surface area contributed by atoms with Crippen molar-refractivity contribution in [2.24, 2.45) is 4.99 Å². The molecule has 0 aromatic carbocycles. The smallest absolute Gasteiger partial charge is 0.0870 e. The lowest BCUT2D eigenvalue weighted by molar-refractivity contribution is 0.273. The van der Waals surface area contributed by atoms with Gasteiger partial charge in [-0.05, 0) is 60.8 Å². The summed E-state index contributed by atoms with van der Waals surface area (Å²) in [7, 11) is 0. The van der Waals surface area contributed by atoms with Crippen LogP contribution >= 0.6 is 11.8 Å². The highest BCUT2D eigenvalue weighted by Gasteiger charge is 2.12. The summed E-state index contributed by atoms with van der Waals surface area (Å²) >= 11 is 1.86. The van der Waals surface area contributed by atoms with Crippen LogP contribution in [0.5, 0.6) is 0 Å². The van der Waals surface area contributed by atoms with Gasteiger partial charge in [-0.1, -0.05) is 0 Å².